The third-order valence-electron chi connectivity index (χ3n) is 5.03. The lowest BCUT2D eigenvalue weighted by atomic mass is 9.54. The summed E-state index contributed by atoms with van der Waals surface area (Å²) in [7, 11) is 0. The Balaban J connectivity index is 2.12. The molecule has 23 heavy (non-hydrogen) atoms. The fourth-order valence-electron chi connectivity index (χ4n) is 3.08. The molecule has 0 heterocycles. The molecule has 1 saturated carbocycles. The molecule has 0 aliphatic heterocycles. The number of rotatable bonds is 5. The highest BCUT2D eigenvalue weighted by Gasteiger charge is 2.62. The van der Waals surface area contributed by atoms with Crippen LogP contribution in [0.4, 0.5) is 0 Å². The molecule has 1 fully saturated rings. The molecular weight excluding hydrogens is 335 g/mol. The van der Waals surface area contributed by atoms with Gasteiger partial charge in [-0.25, -0.2) is 0 Å². The molecule has 1 aromatic carbocycles. The van der Waals surface area contributed by atoms with E-state index in [0.29, 0.717) is 23.1 Å². The van der Waals surface area contributed by atoms with Gasteiger partial charge in [-0.1, -0.05) is 49.2 Å². The van der Waals surface area contributed by atoms with Crippen LogP contribution in [0.3, 0.4) is 0 Å². The van der Waals surface area contributed by atoms with Crippen molar-refractivity contribution < 1.29 is 9.53 Å². The fraction of sp³-hybridized carbons (Fsp3) is 0.588. The van der Waals surface area contributed by atoms with E-state index in [1.54, 1.807) is 6.07 Å². The fourth-order valence-corrected chi connectivity index (χ4v) is 3.55. The highest BCUT2D eigenvalue weighted by atomic mass is 35.5. The Bertz CT molecular complexity index is 606. The van der Waals surface area contributed by atoms with E-state index < -0.39 is 11.0 Å². The molecule has 1 aliphatic carbocycles. The lowest BCUT2D eigenvalue weighted by Crippen LogP contribution is -2.75. The van der Waals surface area contributed by atoms with Crippen molar-refractivity contribution in [1.29, 1.82) is 0 Å². The first kappa shape index (κ1) is 18.5. The minimum absolute atomic E-state index is 0.00619. The van der Waals surface area contributed by atoms with Gasteiger partial charge in [0, 0.05) is 18.4 Å². The third-order valence-corrected chi connectivity index (χ3v) is 5.86. The molecule has 0 spiro atoms. The third kappa shape index (κ3) is 3.10. The molecule has 3 N–H and O–H groups in total. The Morgan fingerprint density at radius 2 is 2.13 bits per heavy atom. The molecular formula is C17H24Cl2N2O2. The molecule has 2 rings (SSSR count). The lowest BCUT2D eigenvalue weighted by Gasteiger charge is -2.57. The van der Waals surface area contributed by atoms with Gasteiger partial charge in [-0.05, 0) is 25.5 Å². The number of ether oxygens (including phenoxy) is 1. The number of amides is 1. The Hall–Kier alpha value is -0.810. The summed E-state index contributed by atoms with van der Waals surface area (Å²) in [6.45, 7) is 8.35. The predicted octanol–water partition coefficient (Wildman–Crippen LogP) is 3.70. The summed E-state index contributed by atoms with van der Waals surface area (Å²) in [5, 5.41) is 3.88. The maximum absolute atomic E-state index is 12.7. The number of nitrogens with one attached hydrogen (secondary N) is 1. The molecule has 6 heteroatoms. The van der Waals surface area contributed by atoms with Gasteiger partial charge in [0.1, 0.15) is 5.54 Å². The number of carbonyl (C=O) groups is 1. The zero-order chi connectivity index (χ0) is 17.4. The summed E-state index contributed by atoms with van der Waals surface area (Å²) in [5.41, 5.74) is 5.78. The van der Waals surface area contributed by atoms with Crippen LogP contribution in [0.5, 0.6) is 0 Å². The number of carbonyl (C=O) groups excluding carboxylic acids is 1. The van der Waals surface area contributed by atoms with Crippen LogP contribution in [-0.4, -0.2) is 24.2 Å². The summed E-state index contributed by atoms with van der Waals surface area (Å²) in [5.74, 6) is -0.193. The van der Waals surface area contributed by atoms with Crippen molar-refractivity contribution in [2.24, 2.45) is 11.1 Å². The molecule has 1 amide bonds. The van der Waals surface area contributed by atoms with E-state index in [1.807, 2.05) is 39.8 Å². The smallest absolute Gasteiger partial charge is 0.241 e. The van der Waals surface area contributed by atoms with Gasteiger partial charge in [-0.15, -0.1) is 0 Å². The summed E-state index contributed by atoms with van der Waals surface area (Å²) in [4.78, 5) is 12.7. The molecule has 1 aromatic rings. The van der Waals surface area contributed by atoms with Gasteiger partial charge in [-0.2, -0.15) is 0 Å². The Labute approximate surface area is 147 Å². The molecule has 0 bridgehead atoms. The quantitative estimate of drug-likeness (QED) is 0.843. The highest BCUT2D eigenvalue weighted by molar-refractivity contribution is 6.42. The number of nitrogens with two attached hydrogens (primary N) is 1. The van der Waals surface area contributed by atoms with Crippen molar-refractivity contribution in [3.8, 4) is 0 Å². The van der Waals surface area contributed by atoms with E-state index in [-0.39, 0.29) is 18.1 Å². The Kier molecular flexibility index (Phi) is 5.31. The van der Waals surface area contributed by atoms with E-state index in [0.717, 1.165) is 5.56 Å². The average molecular weight is 359 g/mol. The van der Waals surface area contributed by atoms with E-state index >= 15 is 0 Å². The first-order valence-corrected chi connectivity index (χ1v) is 8.56. The summed E-state index contributed by atoms with van der Waals surface area (Å²) in [6.07, 6.45) is 0.503. The Morgan fingerprint density at radius 3 is 2.70 bits per heavy atom. The molecule has 3 unspecified atom stereocenters. The van der Waals surface area contributed by atoms with Crippen LogP contribution in [0.2, 0.25) is 10.0 Å². The maximum Gasteiger partial charge on any atom is 0.241 e. The SMILES string of the molecule is CCOC1CC(N)(C(=O)NC(C)c2cccc(Cl)c2Cl)C1(C)C. The van der Waals surface area contributed by atoms with Gasteiger partial charge in [-0.3, -0.25) is 4.79 Å². The molecule has 3 atom stereocenters. The second-order valence-corrected chi connectivity index (χ2v) is 7.46. The molecule has 0 saturated heterocycles. The summed E-state index contributed by atoms with van der Waals surface area (Å²) < 4.78 is 5.66. The number of benzene rings is 1. The largest absolute Gasteiger partial charge is 0.378 e. The topological polar surface area (TPSA) is 64.3 Å². The minimum atomic E-state index is -0.952. The van der Waals surface area contributed by atoms with Crippen LogP contribution in [0.1, 0.15) is 45.7 Å². The molecule has 0 radical (unpaired) electrons. The zero-order valence-electron chi connectivity index (χ0n) is 14.0. The van der Waals surface area contributed by atoms with Gasteiger partial charge in [0.2, 0.25) is 5.91 Å². The van der Waals surface area contributed by atoms with Crippen LogP contribution in [0, 0.1) is 5.41 Å². The normalized spacial score (nSPS) is 27.2. The first-order chi connectivity index (χ1) is 10.6. The van der Waals surface area contributed by atoms with E-state index in [9.17, 15) is 4.79 Å². The maximum atomic E-state index is 12.7. The number of hydrogen-bond donors (Lipinski definition) is 2. The van der Waals surface area contributed by atoms with Crippen molar-refractivity contribution in [2.45, 2.75) is 51.8 Å². The van der Waals surface area contributed by atoms with Gasteiger partial charge < -0.3 is 15.8 Å². The van der Waals surface area contributed by atoms with Crippen molar-refractivity contribution in [3.05, 3.63) is 33.8 Å². The summed E-state index contributed by atoms with van der Waals surface area (Å²) >= 11 is 12.3. The second kappa shape index (κ2) is 6.60. The van der Waals surface area contributed by atoms with Crippen molar-refractivity contribution in [3.63, 3.8) is 0 Å². The standard InChI is InChI=1S/C17H24Cl2N2O2/c1-5-23-13-9-17(20,16(13,3)4)15(22)21-10(2)11-7-6-8-12(18)14(11)19/h6-8,10,13H,5,9,20H2,1-4H3,(H,21,22). The van der Waals surface area contributed by atoms with Crippen LogP contribution >= 0.6 is 23.2 Å². The first-order valence-electron chi connectivity index (χ1n) is 7.80. The van der Waals surface area contributed by atoms with Gasteiger partial charge >= 0.3 is 0 Å². The highest BCUT2D eigenvalue weighted by Crippen LogP contribution is 2.50. The average Bonchev–Trinajstić information content (AvgIpc) is 2.49. The number of halogens is 2. The predicted molar refractivity (Wildman–Crippen MR) is 93.8 cm³/mol. The van der Waals surface area contributed by atoms with E-state index in [1.165, 1.54) is 0 Å². The van der Waals surface area contributed by atoms with Crippen LogP contribution in [-0.2, 0) is 9.53 Å². The molecule has 1 aliphatic rings. The molecule has 0 aromatic heterocycles. The van der Waals surface area contributed by atoms with Crippen LogP contribution in [0.25, 0.3) is 0 Å². The second-order valence-electron chi connectivity index (χ2n) is 6.68. The van der Waals surface area contributed by atoms with Gasteiger partial charge in [0.25, 0.3) is 0 Å². The van der Waals surface area contributed by atoms with Crippen molar-refractivity contribution >= 4 is 29.1 Å². The summed E-state index contributed by atoms with van der Waals surface area (Å²) in [6, 6.07) is 5.09. The van der Waals surface area contributed by atoms with Gasteiger partial charge in [0.15, 0.2) is 0 Å². The Morgan fingerprint density at radius 1 is 1.48 bits per heavy atom. The zero-order valence-corrected chi connectivity index (χ0v) is 15.5. The van der Waals surface area contributed by atoms with Crippen LogP contribution in [0.15, 0.2) is 18.2 Å². The van der Waals surface area contributed by atoms with E-state index in [4.69, 9.17) is 33.7 Å². The molecule has 4 nitrogen and oxygen atoms in total. The van der Waals surface area contributed by atoms with Crippen molar-refractivity contribution in [1.82, 2.24) is 5.32 Å². The van der Waals surface area contributed by atoms with Crippen LogP contribution < -0.4 is 11.1 Å². The van der Waals surface area contributed by atoms with Crippen molar-refractivity contribution in [2.75, 3.05) is 6.61 Å². The monoisotopic (exact) mass is 358 g/mol. The lowest BCUT2D eigenvalue weighted by molar-refractivity contribution is -0.171. The van der Waals surface area contributed by atoms with Gasteiger partial charge in [0.05, 0.1) is 22.2 Å². The molecule has 128 valence electrons. The number of hydrogen-bond acceptors (Lipinski definition) is 3. The minimum Gasteiger partial charge on any atom is -0.378 e. The van der Waals surface area contributed by atoms with E-state index in [2.05, 4.69) is 5.32 Å².